The van der Waals surface area contributed by atoms with E-state index in [4.69, 9.17) is 20.7 Å². The Balaban J connectivity index is 0.000000945. The van der Waals surface area contributed by atoms with Crippen LogP contribution in [0.4, 0.5) is 26.4 Å². The van der Waals surface area contributed by atoms with Crippen molar-refractivity contribution in [3.63, 3.8) is 0 Å². The van der Waals surface area contributed by atoms with Crippen LogP contribution in [0.15, 0.2) is 48.8 Å². The molecule has 0 radical (unpaired) electrons. The van der Waals surface area contributed by atoms with Gasteiger partial charge in [-0.3, -0.25) is 9.69 Å². The molecule has 2 aromatic carbocycles. The monoisotopic (exact) mass is 617 g/mol. The Hall–Kier alpha value is -4.62. The molecule has 13 heteroatoms. The fraction of sp³-hybridized carbons (Fsp3) is 0.406. The number of nitrogens with two attached hydrogens (primary N) is 1. The van der Waals surface area contributed by atoms with E-state index in [1.54, 1.807) is 12.1 Å². The molecule has 238 valence electrons. The van der Waals surface area contributed by atoms with Crippen molar-refractivity contribution in [3.05, 3.63) is 60.2 Å². The van der Waals surface area contributed by atoms with Gasteiger partial charge in [0, 0.05) is 50.4 Å². The van der Waals surface area contributed by atoms with Crippen LogP contribution in [-0.2, 0) is 4.79 Å². The number of halogens is 1. The number of benzene rings is 2. The predicted octanol–water partition coefficient (Wildman–Crippen LogP) is 4.99. The van der Waals surface area contributed by atoms with Crippen molar-refractivity contribution in [3.8, 4) is 11.3 Å². The molecule has 0 atom stereocenters. The molecule has 1 aliphatic heterocycles. The molecule has 1 aliphatic carbocycles. The highest BCUT2D eigenvalue weighted by Crippen LogP contribution is 2.37. The van der Waals surface area contributed by atoms with Gasteiger partial charge in [-0.25, -0.2) is 23.8 Å². The maximum atomic E-state index is 15.3. The highest BCUT2D eigenvalue weighted by molar-refractivity contribution is 6.01. The van der Waals surface area contributed by atoms with Crippen molar-refractivity contribution < 1.29 is 19.1 Å². The van der Waals surface area contributed by atoms with Gasteiger partial charge in [-0.05, 0) is 69.5 Å². The number of aliphatic carboxylic acids is 1. The van der Waals surface area contributed by atoms with E-state index < -0.39 is 17.8 Å². The molecule has 2 aromatic heterocycles. The van der Waals surface area contributed by atoms with E-state index in [-0.39, 0.29) is 11.7 Å². The number of amides is 2. The van der Waals surface area contributed by atoms with Crippen LogP contribution in [0.2, 0.25) is 0 Å². The first-order valence-electron chi connectivity index (χ1n) is 15.1. The Morgan fingerprint density at radius 3 is 2.33 bits per heavy atom. The fourth-order valence-electron chi connectivity index (χ4n) is 6.08. The van der Waals surface area contributed by atoms with E-state index in [0.717, 1.165) is 64.3 Å². The molecule has 4 aromatic rings. The van der Waals surface area contributed by atoms with Crippen molar-refractivity contribution in [2.24, 2.45) is 0 Å². The standard InChI is InChI=1S/C30H36FN9O.C2H4O2/c1-19-4-3-5-21(16-19)35-30(41)36-25-11-6-20(17-24(25)31)27-26-28(32)33-18-34-29(26)40(37-27)23-9-7-22(8-10-23)39-14-12-38(2)13-15-39;1-2(3)4/h3-6,11,16-18,22-23H,7-10,12-15H2,1-2H3,(H2,32,33,34)(H2,35,36,41);1H3,(H,3,4)/t22-,23-;. The first-order valence-corrected chi connectivity index (χ1v) is 15.1. The second-order valence-corrected chi connectivity index (χ2v) is 11.7. The highest BCUT2D eigenvalue weighted by atomic mass is 19.1. The molecule has 45 heavy (non-hydrogen) atoms. The Morgan fingerprint density at radius 1 is 0.978 bits per heavy atom. The minimum absolute atomic E-state index is 0.0640. The number of aromatic nitrogens is 4. The topological polar surface area (TPSA) is 155 Å². The third-order valence-electron chi connectivity index (χ3n) is 8.35. The number of rotatable bonds is 5. The number of hydrogen-bond acceptors (Lipinski definition) is 8. The van der Waals surface area contributed by atoms with Crippen molar-refractivity contribution in [1.82, 2.24) is 29.5 Å². The van der Waals surface area contributed by atoms with E-state index in [2.05, 4.69) is 37.4 Å². The van der Waals surface area contributed by atoms with Crippen LogP contribution in [0.5, 0.6) is 0 Å². The van der Waals surface area contributed by atoms with Gasteiger partial charge in [0.2, 0.25) is 0 Å². The van der Waals surface area contributed by atoms with Gasteiger partial charge in [-0.1, -0.05) is 18.2 Å². The molecule has 0 spiro atoms. The van der Waals surface area contributed by atoms with E-state index in [1.807, 2.05) is 29.8 Å². The first-order chi connectivity index (χ1) is 21.6. The molecule has 5 N–H and O–H groups in total. The van der Waals surface area contributed by atoms with E-state index in [0.29, 0.717) is 39.8 Å². The van der Waals surface area contributed by atoms with E-state index >= 15 is 4.39 Å². The molecular weight excluding hydrogens is 577 g/mol. The lowest BCUT2D eigenvalue weighted by Crippen LogP contribution is -2.49. The van der Waals surface area contributed by atoms with Gasteiger partial charge in [0.05, 0.1) is 17.1 Å². The lowest BCUT2D eigenvalue weighted by molar-refractivity contribution is -0.134. The number of carboxylic acid groups (broad SMARTS) is 1. The lowest BCUT2D eigenvalue weighted by Gasteiger charge is -2.41. The summed E-state index contributed by atoms with van der Waals surface area (Å²) < 4.78 is 17.2. The zero-order chi connectivity index (χ0) is 32.1. The van der Waals surface area contributed by atoms with Crippen LogP contribution in [0.3, 0.4) is 0 Å². The minimum atomic E-state index is -0.833. The number of nitrogen functional groups attached to an aromatic ring is 1. The SMILES string of the molecule is CC(=O)O.Cc1cccc(NC(=O)Nc2ccc(-c3nn([C@H]4CC[C@H](N5CCN(C)CC5)CC4)c4ncnc(N)c34)cc2F)c1. The van der Waals surface area contributed by atoms with Gasteiger partial charge in [0.25, 0.3) is 5.97 Å². The average molecular weight is 618 g/mol. The minimum Gasteiger partial charge on any atom is -0.481 e. The molecular formula is C32H40FN9O3. The zero-order valence-corrected chi connectivity index (χ0v) is 25.8. The summed E-state index contributed by atoms with van der Waals surface area (Å²) in [5.41, 5.74) is 9.76. The molecule has 6 rings (SSSR count). The Labute approximate surface area is 261 Å². The van der Waals surface area contributed by atoms with Crippen LogP contribution >= 0.6 is 0 Å². The predicted molar refractivity (Wildman–Crippen MR) is 173 cm³/mol. The average Bonchev–Trinajstić information content (AvgIpc) is 3.39. The number of carbonyl (C=O) groups is 2. The third-order valence-corrected chi connectivity index (χ3v) is 8.35. The fourth-order valence-corrected chi connectivity index (χ4v) is 6.08. The Kier molecular flexibility index (Phi) is 9.89. The summed E-state index contributed by atoms with van der Waals surface area (Å²) in [5, 5.41) is 18.3. The normalized spacial score (nSPS) is 19.0. The Bertz CT molecular complexity index is 1660. The largest absolute Gasteiger partial charge is 0.481 e. The molecule has 0 bridgehead atoms. The number of hydrogen-bond donors (Lipinski definition) is 4. The van der Waals surface area contributed by atoms with Crippen molar-refractivity contribution >= 4 is 40.2 Å². The second-order valence-electron chi connectivity index (χ2n) is 11.7. The molecule has 3 heterocycles. The molecule has 2 aliphatic rings. The summed E-state index contributed by atoms with van der Waals surface area (Å²) >= 11 is 0. The number of fused-ring (bicyclic) bond motifs is 1. The number of nitrogens with one attached hydrogen (secondary N) is 2. The number of anilines is 3. The summed E-state index contributed by atoms with van der Waals surface area (Å²) in [7, 11) is 2.18. The molecule has 2 fully saturated rings. The number of piperazine rings is 1. The van der Waals surface area contributed by atoms with Crippen molar-refractivity contribution in [2.75, 3.05) is 49.6 Å². The molecule has 1 saturated heterocycles. The van der Waals surface area contributed by atoms with Gasteiger partial charge >= 0.3 is 6.03 Å². The number of aryl methyl sites for hydroxylation is 1. The lowest BCUT2D eigenvalue weighted by atomic mass is 9.90. The molecule has 2 amide bonds. The summed E-state index contributed by atoms with van der Waals surface area (Å²) in [6.45, 7) is 7.49. The van der Waals surface area contributed by atoms with Crippen molar-refractivity contribution in [2.45, 2.75) is 51.6 Å². The summed E-state index contributed by atoms with van der Waals surface area (Å²) in [4.78, 5) is 35.2. The molecule has 1 saturated carbocycles. The van der Waals surface area contributed by atoms with Gasteiger partial charge in [-0.15, -0.1) is 0 Å². The number of carbonyl (C=O) groups excluding carboxylic acids is 1. The van der Waals surface area contributed by atoms with Gasteiger partial charge in [-0.2, -0.15) is 5.10 Å². The van der Waals surface area contributed by atoms with Crippen LogP contribution < -0.4 is 16.4 Å². The van der Waals surface area contributed by atoms with Gasteiger partial charge in [0.15, 0.2) is 5.65 Å². The summed E-state index contributed by atoms with van der Waals surface area (Å²) in [5.74, 6) is -1.10. The molecule has 0 unspecified atom stereocenters. The maximum absolute atomic E-state index is 15.3. The number of nitrogens with zero attached hydrogens (tertiary/aromatic N) is 6. The van der Waals surface area contributed by atoms with E-state index in [1.165, 1.54) is 18.5 Å². The van der Waals surface area contributed by atoms with Crippen molar-refractivity contribution in [1.29, 1.82) is 0 Å². The summed E-state index contributed by atoms with van der Waals surface area (Å²) in [6.07, 6.45) is 5.64. The maximum Gasteiger partial charge on any atom is 0.323 e. The highest BCUT2D eigenvalue weighted by Gasteiger charge is 2.30. The number of urea groups is 1. The van der Waals surface area contributed by atoms with Gasteiger partial charge in [0.1, 0.15) is 23.7 Å². The second kappa shape index (κ2) is 14.0. The van der Waals surface area contributed by atoms with Crippen LogP contribution in [0, 0.1) is 12.7 Å². The first kappa shape index (κ1) is 31.8. The van der Waals surface area contributed by atoms with Gasteiger partial charge < -0.3 is 26.4 Å². The molecule has 12 nitrogen and oxygen atoms in total. The van der Waals surface area contributed by atoms with E-state index in [9.17, 15) is 4.79 Å². The number of likely N-dealkylation sites (N-methyl/N-ethyl adjacent to an activating group) is 1. The smallest absolute Gasteiger partial charge is 0.323 e. The van der Waals surface area contributed by atoms with Crippen LogP contribution in [0.1, 0.15) is 44.2 Å². The zero-order valence-electron chi connectivity index (χ0n) is 25.8. The number of carboxylic acids is 1. The third kappa shape index (κ3) is 7.73. The summed E-state index contributed by atoms with van der Waals surface area (Å²) in [6, 6.07) is 12.3. The van der Waals surface area contributed by atoms with Crippen LogP contribution in [0.25, 0.3) is 22.3 Å². The Morgan fingerprint density at radius 2 is 1.67 bits per heavy atom. The van der Waals surface area contributed by atoms with Crippen LogP contribution in [-0.4, -0.2) is 85.9 Å². The quantitative estimate of drug-likeness (QED) is 0.242.